The zero-order valence-corrected chi connectivity index (χ0v) is 9.37. The predicted molar refractivity (Wildman–Crippen MR) is 53.4 cm³/mol. The molecule has 0 aromatic heterocycles. The molecule has 0 amide bonds. The van der Waals surface area contributed by atoms with Crippen molar-refractivity contribution in [1.29, 1.82) is 0 Å². The van der Waals surface area contributed by atoms with E-state index in [2.05, 4.69) is 21.2 Å². The van der Waals surface area contributed by atoms with E-state index in [1.165, 1.54) is 0 Å². The number of carbonyl (C=O) groups excluding carboxylic acids is 1. The van der Waals surface area contributed by atoms with E-state index in [1.54, 1.807) is 7.05 Å². The van der Waals surface area contributed by atoms with Gasteiger partial charge >= 0.3 is 0 Å². The van der Waals surface area contributed by atoms with Gasteiger partial charge in [0.05, 0.1) is 4.83 Å². The lowest BCUT2D eigenvalue weighted by Crippen LogP contribution is -2.31. The second kappa shape index (κ2) is 3.79. The molecular weight excluding hydrogens is 241 g/mol. The van der Waals surface area contributed by atoms with E-state index in [0.717, 1.165) is 5.70 Å². The van der Waals surface area contributed by atoms with E-state index in [-0.39, 0.29) is 10.6 Å². The van der Waals surface area contributed by atoms with Gasteiger partial charge in [-0.3, -0.25) is 4.79 Å². The summed E-state index contributed by atoms with van der Waals surface area (Å²) < 4.78 is 0. The zero-order valence-electron chi connectivity index (χ0n) is 7.03. The molecular formula is C8H11BrClNO. The van der Waals surface area contributed by atoms with E-state index < -0.39 is 0 Å². The third-order valence-electron chi connectivity index (χ3n) is 2.03. The lowest BCUT2D eigenvalue weighted by atomic mass is 9.92. The maximum absolute atomic E-state index is 11.3. The van der Waals surface area contributed by atoms with Crippen molar-refractivity contribution in [3.8, 4) is 0 Å². The van der Waals surface area contributed by atoms with Crippen LogP contribution in [-0.4, -0.2) is 17.7 Å². The standard InChI is InChI=1S/C8H11BrClNO/c1-4-3-5(12)7(10)8(11-2)6(4)9/h4,6,11H,3H2,1-2H3. The summed E-state index contributed by atoms with van der Waals surface area (Å²) in [5.74, 6) is 0.340. The van der Waals surface area contributed by atoms with E-state index >= 15 is 0 Å². The Kier molecular flexibility index (Phi) is 3.18. The Balaban J connectivity index is 3.00. The van der Waals surface area contributed by atoms with Crippen molar-refractivity contribution >= 4 is 33.3 Å². The van der Waals surface area contributed by atoms with Gasteiger partial charge in [-0.25, -0.2) is 0 Å². The van der Waals surface area contributed by atoms with Crippen LogP contribution in [0.1, 0.15) is 13.3 Å². The van der Waals surface area contributed by atoms with Crippen molar-refractivity contribution in [2.45, 2.75) is 18.2 Å². The highest BCUT2D eigenvalue weighted by Crippen LogP contribution is 2.32. The molecule has 0 aromatic rings. The fourth-order valence-corrected chi connectivity index (χ4v) is 2.35. The topological polar surface area (TPSA) is 29.1 Å². The number of hydrogen-bond donors (Lipinski definition) is 1. The fourth-order valence-electron chi connectivity index (χ4n) is 1.29. The largest absolute Gasteiger partial charge is 0.389 e. The Hall–Kier alpha value is -0.0200. The van der Waals surface area contributed by atoms with Gasteiger partial charge in [0, 0.05) is 19.2 Å². The van der Waals surface area contributed by atoms with Crippen molar-refractivity contribution in [3.05, 3.63) is 10.7 Å². The lowest BCUT2D eigenvalue weighted by molar-refractivity contribution is -0.116. The second-order valence-electron chi connectivity index (χ2n) is 2.98. The van der Waals surface area contributed by atoms with Crippen LogP contribution < -0.4 is 5.32 Å². The van der Waals surface area contributed by atoms with Crippen molar-refractivity contribution in [2.24, 2.45) is 5.92 Å². The van der Waals surface area contributed by atoms with E-state index in [0.29, 0.717) is 17.4 Å². The molecule has 0 aliphatic heterocycles. The van der Waals surface area contributed by atoms with Gasteiger partial charge in [0.15, 0.2) is 5.78 Å². The van der Waals surface area contributed by atoms with Crippen LogP contribution in [0.5, 0.6) is 0 Å². The normalized spacial score (nSPS) is 30.8. The molecule has 0 saturated heterocycles. The number of alkyl halides is 1. The third-order valence-corrected chi connectivity index (χ3v) is 3.81. The molecule has 12 heavy (non-hydrogen) atoms. The van der Waals surface area contributed by atoms with E-state index in [1.807, 2.05) is 6.92 Å². The Labute approximate surface area is 85.5 Å². The van der Waals surface area contributed by atoms with Gasteiger partial charge < -0.3 is 5.32 Å². The Morgan fingerprint density at radius 3 is 2.75 bits per heavy atom. The van der Waals surface area contributed by atoms with Gasteiger partial charge in [-0.1, -0.05) is 34.5 Å². The minimum Gasteiger partial charge on any atom is -0.389 e. The van der Waals surface area contributed by atoms with Gasteiger partial charge in [-0.05, 0) is 5.92 Å². The third kappa shape index (κ3) is 1.67. The SMILES string of the molecule is CNC1=C(Cl)C(=O)CC(C)C1Br. The van der Waals surface area contributed by atoms with Crippen LogP contribution in [0.3, 0.4) is 0 Å². The van der Waals surface area contributed by atoms with Gasteiger partial charge in [-0.2, -0.15) is 0 Å². The summed E-state index contributed by atoms with van der Waals surface area (Å²) in [6, 6.07) is 0. The fraction of sp³-hybridized carbons (Fsp3) is 0.625. The molecule has 1 aliphatic carbocycles. The van der Waals surface area contributed by atoms with Crippen LogP contribution in [-0.2, 0) is 4.79 Å². The minimum absolute atomic E-state index is 0.0317. The van der Waals surface area contributed by atoms with E-state index in [4.69, 9.17) is 11.6 Å². The van der Waals surface area contributed by atoms with Crippen LogP contribution in [0.4, 0.5) is 0 Å². The van der Waals surface area contributed by atoms with Crippen LogP contribution >= 0.6 is 27.5 Å². The molecule has 1 N–H and O–H groups in total. The van der Waals surface area contributed by atoms with Gasteiger partial charge in [0.25, 0.3) is 0 Å². The summed E-state index contributed by atoms with van der Waals surface area (Å²) in [5, 5.41) is 3.29. The van der Waals surface area contributed by atoms with Gasteiger partial charge in [-0.15, -0.1) is 0 Å². The van der Waals surface area contributed by atoms with Crippen LogP contribution in [0, 0.1) is 5.92 Å². The maximum atomic E-state index is 11.3. The molecule has 2 unspecified atom stereocenters. The monoisotopic (exact) mass is 251 g/mol. The summed E-state index contributed by atoms with van der Waals surface area (Å²) in [7, 11) is 1.78. The summed E-state index contributed by atoms with van der Waals surface area (Å²) in [5.41, 5.74) is 0.806. The molecule has 2 atom stereocenters. The zero-order chi connectivity index (χ0) is 9.30. The number of hydrogen-bond acceptors (Lipinski definition) is 2. The maximum Gasteiger partial charge on any atom is 0.176 e. The summed E-state index contributed by atoms with van der Waals surface area (Å²) >= 11 is 9.32. The highest BCUT2D eigenvalue weighted by molar-refractivity contribution is 9.09. The minimum atomic E-state index is 0.0317. The van der Waals surface area contributed by atoms with Gasteiger partial charge in [0.2, 0.25) is 0 Å². The molecule has 0 fully saturated rings. The molecule has 68 valence electrons. The predicted octanol–water partition coefficient (Wildman–Crippen LogP) is 2.03. The van der Waals surface area contributed by atoms with E-state index in [9.17, 15) is 4.79 Å². The molecule has 1 aliphatic rings. The highest BCUT2D eigenvalue weighted by Gasteiger charge is 2.30. The summed E-state index contributed by atoms with van der Waals surface area (Å²) in [4.78, 5) is 11.4. The first-order chi connectivity index (χ1) is 5.57. The van der Waals surface area contributed by atoms with Crippen LogP contribution in [0.2, 0.25) is 0 Å². The number of allylic oxidation sites excluding steroid dienone is 2. The Morgan fingerprint density at radius 1 is 1.67 bits per heavy atom. The van der Waals surface area contributed by atoms with Crippen LogP contribution in [0.25, 0.3) is 0 Å². The number of rotatable bonds is 1. The molecule has 0 spiro atoms. The molecule has 2 nitrogen and oxygen atoms in total. The first kappa shape index (κ1) is 10.1. The quantitative estimate of drug-likeness (QED) is 0.724. The van der Waals surface area contributed by atoms with Crippen LogP contribution in [0.15, 0.2) is 10.7 Å². The molecule has 0 bridgehead atoms. The molecule has 0 heterocycles. The second-order valence-corrected chi connectivity index (χ2v) is 4.35. The number of nitrogens with one attached hydrogen (secondary N) is 1. The first-order valence-electron chi connectivity index (χ1n) is 3.82. The number of Topliss-reactive ketones (excluding diaryl/α,β-unsaturated/α-hetero) is 1. The number of carbonyl (C=O) groups is 1. The Morgan fingerprint density at radius 2 is 2.25 bits per heavy atom. The molecule has 0 radical (unpaired) electrons. The number of ketones is 1. The number of halogens is 2. The van der Waals surface area contributed by atoms with Crippen molar-refractivity contribution in [3.63, 3.8) is 0 Å². The molecule has 1 rings (SSSR count). The molecule has 4 heteroatoms. The highest BCUT2D eigenvalue weighted by atomic mass is 79.9. The van der Waals surface area contributed by atoms with Crippen molar-refractivity contribution < 1.29 is 4.79 Å². The average molecular weight is 253 g/mol. The van der Waals surface area contributed by atoms with Gasteiger partial charge in [0.1, 0.15) is 5.03 Å². The molecule has 0 saturated carbocycles. The first-order valence-corrected chi connectivity index (χ1v) is 5.12. The molecule has 0 aromatic carbocycles. The van der Waals surface area contributed by atoms with Crippen molar-refractivity contribution in [2.75, 3.05) is 7.05 Å². The summed E-state index contributed by atoms with van der Waals surface area (Å²) in [6.45, 7) is 2.03. The lowest BCUT2D eigenvalue weighted by Gasteiger charge is -2.26. The smallest absolute Gasteiger partial charge is 0.176 e. The Bertz CT molecular complexity index is 239. The summed E-state index contributed by atoms with van der Waals surface area (Å²) in [6.07, 6.45) is 0.528. The average Bonchev–Trinajstić information content (AvgIpc) is 2.02. The van der Waals surface area contributed by atoms with Crippen molar-refractivity contribution in [1.82, 2.24) is 5.32 Å².